The number of hydrogen-bond acceptors (Lipinski definition) is 2. The minimum Gasteiger partial charge on any atom is -0.496 e. The van der Waals surface area contributed by atoms with Crippen molar-refractivity contribution in [3.05, 3.63) is 28.8 Å². The second kappa shape index (κ2) is 4.78. The highest BCUT2D eigenvalue weighted by Gasteiger charge is 2.22. The molecule has 1 aromatic carbocycles. The monoisotopic (exact) mass is 234 g/mol. The molecule has 3 heteroatoms. The lowest BCUT2D eigenvalue weighted by Gasteiger charge is -2.15. The zero-order valence-corrected chi connectivity index (χ0v) is 10.3. The van der Waals surface area contributed by atoms with Gasteiger partial charge in [0, 0.05) is 0 Å². The van der Waals surface area contributed by atoms with E-state index in [2.05, 4.69) is 6.07 Å². The Morgan fingerprint density at radius 3 is 2.88 bits per heavy atom. The standard InChI is InChI=1S/C14H18O3/c1-9(14(15)16)8-12-11-5-3-4-10(11)6-7-13(12)17-2/h6-7,9H,3-5,8H2,1-2H3,(H,15,16). The molecule has 1 aliphatic rings. The Morgan fingerprint density at radius 2 is 2.24 bits per heavy atom. The van der Waals surface area contributed by atoms with Crippen molar-refractivity contribution >= 4 is 5.97 Å². The van der Waals surface area contributed by atoms with Crippen molar-refractivity contribution in [1.29, 1.82) is 0 Å². The minimum atomic E-state index is -0.748. The van der Waals surface area contributed by atoms with Gasteiger partial charge in [-0.3, -0.25) is 4.79 Å². The zero-order valence-electron chi connectivity index (χ0n) is 10.3. The molecule has 1 aliphatic carbocycles. The third-order valence-corrected chi connectivity index (χ3v) is 3.51. The van der Waals surface area contributed by atoms with Crippen molar-refractivity contribution in [1.82, 2.24) is 0 Å². The number of methoxy groups -OCH3 is 1. The molecular formula is C14H18O3. The molecule has 1 unspecified atom stereocenters. The number of benzene rings is 1. The van der Waals surface area contributed by atoms with E-state index in [0.29, 0.717) is 6.42 Å². The van der Waals surface area contributed by atoms with Crippen molar-refractivity contribution in [3.8, 4) is 5.75 Å². The van der Waals surface area contributed by atoms with E-state index in [-0.39, 0.29) is 5.92 Å². The van der Waals surface area contributed by atoms with Crippen LogP contribution in [0.25, 0.3) is 0 Å². The molecule has 1 N–H and O–H groups in total. The number of hydrogen-bond donors (Lipinski definition) is 1. The fourth-order valence-corrected chi connectivity index (χ4v) is 2.53. The second-order valence-corrected chi connectivity index (χ2v) is 4.68. The van der Waals surface area contributed by atoms with Gasteiger partial charge in [0.15, 0.2) is 0 Å². The maximum atomic E-state index is 11.0. The van der Waals surface area contributed by atoms with Crippen LogP contribution in [0.5, 0.6) is 5.75 Å². The highest BCUT2D eigenvalue weighted by Crippen LogP contribution is 2.33. The van der Waals surface area contributed by atoms with E-state index in [9.17, 15) is 4.79 Å². The van der Waals surface area contributed by atoms with Gasteiger partial charge in [-0.1, -0.05) is 13.0 Å². The van der Waals surface area contributed by atoms with Gasteiger partial charge in [-0.25, -0.2) is 0 Å². The van der Waals surface area contributed by atoms with Crippen LogP contribution in [0, 0.1) is 5.92 Å². The lowest BCUT2D eigenvalue weighted by atomic mass is 9.94. The lowest BCUT2D eigenvalue weighted by Crippen LogP contribution is -2.14. The van der Waals surface area contributed by atoms with Gasteiger partial charge in [-0.05, 0) is 48.4 Å². The molecule has 3 nitrogen and oxygen atoms in total. The van der Waals surface area contributed by atoms with Gasteiger partial charge in [0.1, 0.15) is 5.75 Å². The molecule has 0 saturated heterocycles. The van der Waals surface area contributed by atoms with Gasteiger partial charge in [0.2, 0.25) is 0 Å². The average molecular weight is 234 g/mol. The van der Waals surface area contributed by atoms with Crippen molar-refractivity contribution in [2.24, 2.45) is 5.92 Å². The van der Waals surface area contributed by atoms with Crippen LogP contribution in [0.2, 0.25) is 0 Å². The van der Waals surface area contributed by atoms with Gasteiger partial charge < -0.3 is 9.84 Å². The van der Waals surface area contributed by atoms with E-state index in [1.165, 1.54) is 11.1 Å². The molecule has 0 bridgehead atoms. The summed E-state index contributed by atoms with van der Waals surface area (Å²) < 4.78 is 5.36. The minimum absolute atomic E-state index is 0.365. The number of carboxylic acid groups (broad SMARTS) is 1. The van der Waals surface area contributed by atoms with E-state index >= 15 is 0 Å². The van der Waals surface area contributed by atoms with Gasteiger partial charge in [-0.2, -0.15) is 0 Å². The largest absolute Gasteiger partial charge is 0.496 e. The molecule has 1 atom stereocenters. The smallest absolute Gasteiger partial charge is 0.306 e. The molecule has 0 spiro atoms. The first-order valence-corrected chi connectivity index (χ1v) is 6.04. The Hall–Kier alpha value is -1.51. The first kappa shape index (κ1) is 12.0. The summed E-state index contributed by atoms with van der Waals surface area (Å²) in [5.41, 5.74) is 3.77. The number of aliphatic carboxylic acids is 1. The highest BCUT2D eigenvalue weighted by molar-refractivity contribution is 5.70. The van der Waals surface area contributed by atoms with Gasteiger partial charge >= 0.3 is 5.97 Å². The molecule has 92 valence electrons. The molecule has 0 saturated carbocycles. The Balaban J connectivity index is 2.36. The summed E-state index contributed by atoms with van der Waals surface area (Å²) in [6, 6.07) is 4.07. The van der Waals surface area contributed by atoms with E-state index in [1.54, 1.807) is 14.0 Å². The van der Waals surface area contributed by atoms with Crippen LogP contribution in [0.4, 0.5) is 0 Å². The van der Waals surface area contributed by atoms with Crippen LogP contribution >= 0.6 is 0 Å². The van der Waals surface area contributed by atoms with Gasteiger partial charge in [0.25, 0.3) is 0 Å². The second-order valence-electron chi connectivity index (χ2n) is 4.68. The van der Waals surface area contributed by atoms with Crippen LogP contribution in [0.1, 0.15) is 30.0 Å². The molecule has 1 aromatic rings. The number of fused-ring (bicyclic) bond motifs is 1. The summed E-state index contributed by atoms with van der Waals surface area (Å²) in [5, 5.41) is 9.01. The number of aryl methyl sites for hydroxylation is 1. The molecule has 0 heterocycles. The molecule has 0 fully saturated rings. The summed E-state index contributed by atoms with van der Waals surface area (Å²) in [4.78, 5) is 11.0. The third-order valence-electron chi connectivity index (χ3n) is 3.51. The molecule has 0 aromatic heterocycles. The van der Waals surface area contributed by atoms with Crippen LogP contribution < -0.4 is 4.74 Å². The van der Waals surface area contributed by atoms with Crippen molar-refractivity contribution in [3.63, 3.8) is 0 Å². The molecule has 0 aliphatic heterocycles. The molecule has 17 heavy (non-hydrogen) atoms. The van der Waals surface area contributed by atoms with Crippen molar-refractivity contribution in [2.75, 3.05) is 7.11 Å². The summed E-state index contributed by atoms with van der Waals surface area (Å²) in [5.74, 6) is -0.280. The maximum Gasteiger partial charge on any atom is 0.306 e. The van der Waals surface area contributed by atoms with Crippen LogP contribution in [-0.4, -0.2) is 18.2 Å². The zero-order chi connectivity index (χ0) is 12.4. The number of ether oxygens (including phenoxy) is 1. The Morgan fingerprint density at radius 1 is 1.47 bits per heavy atom. The van der Waals surface area contributed by atoms with Crippen LogP contribution in [0.3, 0.4) is 0 Å². The lowest BCUT2D eigenvalue weighted by molar-refractivity contribution is -0.141. The summed E-state index contributed by atoms with van der Waals surface area (Å²) in [6.45, 7) is 1.75. The molecule has 2 rings (SSSR count). The first-order chi connectivity index (χ1) is 8.13. The fraction of sp³-hybridized carbons (Fsp3) is 0.500. The molecule has 0 radical (unpaired) electrons. The maximum absolute atomic E-state index is 11.0. The molecular weight excluding hydrogens is 216 g/mol. The Kier molecular flexibility index (Phi) is 3.36. The van der Waals surface area contributed by atoms with E-state index in [4.69, 9.17) is 9.84 Å². The topological polar surface area (TPSA) is 46.5 Å². The normalized spacial score (nSPS) is 15.4. The Bertz CT molecular complexity index is 437. The summed E-state index contributed by atoms with van der Waals surface area (Å²) in [7, 11) is 1.64. The van der Waals surface area contributed by atoms with Gasteiger partial charge in [0.05, 0.1) is 13.0 Å². The van der Waals surface area contributed by atoms with E-state index in [1.807, 2.05) is 6.07 Å². The highest BCUT2D eigenvalue weighted by atomic mass is 16.5. The number of rotatable bonds is 4. The van der Waals surface area contributed by atoms with Gasteiger partial charge in [-0.15, -0.1) is 0 Å². The first-order valence-electron chi connectivity index (χ1n) is 6.04. The summed E-state index contributed by atoms with van der Waals surface area (Å²) in [6.07, 6.45) is 3.88. The van der Waals surface area contributed by atoms with Crippen LogP contribution in [-0.2, 0) is 24.1 Å². The quantitative estimate of drug-likeness (QED) is 0.870. The predicted octanol–water partition coefficient (Wildman–Crippen LogP) is 2.45. The SMILES string of the molecule is COc1ccc2c(c1CC(C)C(=O)O)CCC2. The Labute approximate surface area is 101 Å². The van der Waals surface area contributed by atoms with Crippen molar-refractivity contribution in [2.45, 2.75) is 32.6 Å². The average Bonchev–Trinajstić information content (AvgIpc) is 2.77. The fourth-order valence-electron chi connectivity index (χ4n) is 2.53. The number of carbonyl (C=O) groups is 1. The molecule has 0 amide bonds. The third kappa shape index (κ3) is 2.28. The summed E-state index contributed by atoms with van der Waals surface area (Å²) >= 11 is 0. The van der Waals surface area contributed by atoms with E-state index in [0.717, 1.165) is 30.6 Å². The van der Waals surface area contributed by atoms with Crippen LogP contribution in [0.15, 0.2) is 12.1 Å². The number of carboxylic acids is 1. The van der Waals surface area contributed by atoms with E-state index < -0.39 is 5.97 Å². The van der Waals surface area contributed by atoms with Crippen molar-refractivity contribution < 1.29 is 14.6 Å². The predicted molar refractivity (Wildman–Crippen MR) is 65.5 cm³/mol.